The van der Waals surface area contributed by atoms with Crippen LogP contribution < -0.4 is 10.2 Å². The summed E-state index contributed by atoms with van der Waals surface area (Å²) in [6.07, 6.45) is 2.57. The van der Waals surface area contributed by atoms with Crippen molar-refractivity contribution < 1.29 is 28.2 Å². The highest BCUT2D eigenvalue weighted by Gasteiger charge is 2.31. The number of halogens is 3. The van der Waals surface area contributed by atoms with Gasteiger partial charge in [-0.25, -0.2) is 18.6 Å². The third-order valence-corrected chi connectivity index (χ3v) is 4.72. The highest BCUT2D eigenvalue weighted by atomic mass is 79.9. The lowest BCUT2D eigenvalue weighted by atomic mass is 9.86. The van der Waals surface area contributed by atoms with Gasteiger partial charge in [0.1, 0.15) is 17.3 Å². The molecule has 1 aromatic rings. The molecular weight excluding hydrogens is 440 g/mol. The Kier molecular flexibility index (Phi) is 7.50. The van der Waals surface area contributed by atoms with E-state index in [1.54, 1.807) is 6.92 Å². The van der Waals surface area contributed by atoms with Gasteiger partial charge in [0, 0.05) is 42.2 Å². The molecule has 2 N–H and O–H groups in total. The van der Waals surface area contributed by atoms with Gasteiger partial charge in [0.05, 0.1) is 7.11 Å². The van der Waals surface area contributed by atoms with E-state index in [0.717, 1.165) is 6.08 Å². The Morgan fingerprint density at radius 3 is 2.86 bits per heavy atom. The van der Waals surface area contributed by atoms with E-state index < -0.39 is 41.4 Å². The molecule has 0 bridgehead atoms. The quantitative estimate of drug-likeness (QED) is 0.677. The Morgan fingerprint density at radius 2 is 2.21 bits per heavy atom. The molecule has 7 nitrogen and oxygen atoms in total. The Bertz CT molecular complexity index is 816. The van der Waals surface area contributed by atoms with Crippen LogP contribution in [0.15, 0.2) is 40.5 Å². The molecule has 0 aromatic carbocycles. The maximum atomic E-state index is 13.6. The van der Waals surface area contributed by atoms with E-state index in [-0.39, 0.29) is 25.2 Å². The Labute approximate surface area is 169 Å². The van der Waals surface area contributed by atoms with Gasteiger partial charge < -0.3 is 20.1 Å². The molecule has 1 aliphatic rings. The van der Waals surface area contributed by atoms with Crippen molar-refractivity contribution in [2.24, 2.45) is 11.8 Å². The number of anilines is 1. The molecule has 2 rings (SSSR count). The highest BCUT2D eigenvalue weighted by molar-refractivity contribution is 9.10. The summed E-state index contributed by atoms with van der Waals surface area (Å²) >= 11 is 3.23. The summed E-state index contributed by atoms with van der Waals surface area (Å²) in [6, 6.07) is 1.49. The van der Waals surface area contributed by atoms with Crippen LogP contribution in [0.3, 0.4) is 0 Å². The lowest BCUT2D eigenvalue weighted by Gasteiger charge is -2.29. The summed E-state index contributed by atoms with van der Waals surface area (Å²) in [5, 5.41) is 12.6. The number of amides is 2. The van der Waals surface area contributed by atoms with E-state index in [4.69, 9.17) is 0 Å². The van der Waals surface area contributed by atoms with E-state index in [1.807, 2.05) is 0 Å². The zero-order valence-corrected chi connectivity index (χ0v) is 16.9. The number of hydrogen-bond donors (Lipinski definition) is 2. The fourth-order valence-electron chi connectivity index (χ4n) is 2.81. The van der Waals surface area contributed by atoms with Crippen molar-refractivity contribution in [2.45, 2.75) is 13.3 Å². The third kappa shape index (κ3) is 5.51. The van der Waals surface area contributed by atoms with Gasteiger partial charge >= 0.3 is 6.09 Å². The molecule has 0 saturated heterocycles. The van der Waals surface area contributed by atoms with Crippen LogP contribution >= 0.6 is 15.9 Å². The number of aromatic hydroxyl groups is 1. The lowest BCUT2D eigenvalue weighted by molar-refractivity contribution is -0.123. The predicted octanol–water partition coefficient (Wildman–Crippen LogP) is 3.60. The van der Waals surface area contributed by atoms with Crippen LogP contribution in [0.2, 0.25) is 0 Å². The molecule has 1 aliphatic carbocycles. The van der Waals surface area contributed by atoms with E-state index in [0.29, 0.717) is 4.47 Å². The number of carbonyl (C=O) groups is 2. The second-order valence-corrected chi connectivity index (χ2v) is 7.12. The minimum absolute atomic E-state index is 0.0127. The minimum Gasteiger partial charge on any atom is -0.492 e. The van der Waals surface area contributed by atoms with Gasteiger partial charge in [0.15, 0.2) is 0 Å². The Balaban J connectivity index is 2.26. The standard InChI is InChI=1S/C18H20BrF2N3O4/c1-10(11-5-13(20)8-14(21)6-11)17(26)24(4-3-22-18(27)28-2)15-7-12(19)9-23-16(15)25/h5,7-11H,3-4,6H2,1-2H3,(H,22,27)(H,23,25)/t10-,11?/m0/s1. The summed E-state index contributed by atoms with van der Waals surface area (Å²) in [4.78, 5) is 29.4. The molecule has 0 fully saturated rings. The average molecular weight is 460 g/mol. The van der Waals surface area contributed by atoms with Crippen LogP contribution in [0.5, 0.6) is 5.88 Å². The molecule has 0 aliphatic heterocycles. The topological polar surface area (TPSA) is 91.8 Å². The molecule has 0 saturated carbocycles. The predicted molar refractivity (Wildman–Crippen MR) is 102 cm³/mol. The molecular formula is C18H20BrF2N3O4. The molecule has 2 amide bonds. The number of rotatable bonds is 6. The Hall–Kier alpha value is -2.49. The van der Waals surface area contributed by atoms with Crippen molar-refractivity contribution in [3.63, 3.8) is 0 Å². The van der Waals surface area contributed by atoms with Crippen molar-refractivity contribution >= 4 is 33.6 Å². The van der Waals surface area contributed by atoms with Gasteiger partial charge in [-0.3, -0.25) is 4.79 Å². The van der Waals surface area contributed by atoms with Crippen LogP contribution in [0, 0.1) is 11.8 Å². The van der Waals surface area contributed by atoms with Crippen molar-refractivity contribution in [1.29, 1.82) is 0 Å². The van der Waals surface area contributed by atoms with Gasteiger partial charge in [-0.15, -0.1) is 0 Å². The smallest absolute Gasteiger partial charge is 0.406 e. The number of nitrogens with one attached hydrogen (secondary N) is 1. The van der Waals surface area contributed by atoms with Gasteiger partial charge in [0.2, 0.25) is 11.8 Å². The van der Waals surface area contributed by atoms with Gasteiger partial charge in [-0.1, -0.05) is 6.92 Å². The van der Waals surface area contributed by atoms with E-state index in [1.165, 1.54) is 30.3 Å². The van der Waals surface area contributed by atoms with Crippen LogP contribution in [0.25, 0.3) is 0 Å². The monoisotopic (exact) mass is 459 g/mol. The first-order valence-electron chi connectivity index (χ1n) is 8.44. The minimum atomic E-state index is -0.790. The molecule has 1 aromatic heterocycles. The van der Waals surface area contributed by atoms with Crippen LogP contribution in [0.1, 0.15) is 13.3 Å². The maximum Gasteiger partial charge on any atom is 0.406 e. The lowest BCUT2D eigenvalue weighted by Crippen LogP contribution is -2.43. The van der Waals surface area contributed by atoms with Crippen molar-refractivity contribution in [1.82, 2.24) is 10.3 Å². The molecule has 0 radical (unpaired) electrons. The molecule has 152 valence electrons. The van der Waals surface area contributed by atoms with Crippen molar-refractivity contribution in [2.75, 3.05) is 25.1 Å². The zero-order chi connectivity index (χ0) is 20.8. The number of alkyl carbamates (subject to hydrolysis) is 1. The van der Waals surface area contributed by atoms with E-state index >= 15 is 0 Å². The fraction of sp³-hybridized carbons (Fsp3) is 0.389. The molecule has 1 heterocycles. The molecule has 1 unspecified atom stereocenters. The van der Waals surface area contributed by atoms with Gasteiger partial charge in [0.25, 0.3) is 0 Å². The third-order valence-electron chi connectivity index (χ3n) is 4.29. The first kappa shape index (κ1) is 21.8. The number of ether oxygens (including phenoxy) is 1. The molecule has 2 atom stereocenters. The van der Waals surface area contributed by atoms with Gasteiger partial charge in [-0.2, -0.15) is 0 Å². The van der Waals surface area contributed by atoms with Crippen LogP contribution in [-0.2, 0) is 9.53 Å². The SMILES string of the molecule is COC(=O)NCCN(C(=O)[C@@H](C)C1C=C(F)C=C(F)C1)c1cc(Br)cnc1O. The van der Waals surface area contributed by atoms with Crippen LogP contribution in [0.4, 0.5) is 19.3 Å². The molecule has 10 heteroatoms. The normalized spacial score (nSPS) is 17.2. The maximum absolute atomic E-state index is 13.6. The number of methoxy groups -OCH3 is 1. The van der Waals surface area contributed by atoms with Crippen molar-refractivity contribution in [3.8, 4) is 5.88 Å². The highest BCUT2D eigenvalue weighted by Crippen LogP contribution is 2.34. The average Bonchev–Trinajstić information content (AvgIpc) is 2.65. The summed E-state index contributed by atoms with van der Waals surface area (Å²) < 4.78 is 32.2. The summed E-state index contributed by atoms with van der Waals surface area (Å²) in [7, 11) is 1.20. The number of carbonyl (C=O) groups excluding carboxylic acids is 2. The summed E-state index contributed by atoms with van der Waals surface area (Å²) in [5.41, 5.74) is 0.106. The van der Waals surface area contributed by atoms with Gasteiger partial charge in [-0.05, 0) is 34.0 Å². The number of allylic oxidation sites excluding steroid dienone is 4. The molecule has 28 heavy (non-hydrogen) atoms. The second-order valence-electron chi connectivity index (χ2n) is 6.20. The number of aromatic nitrogens is 1. The zero-order valence-electron chi connectivity index (χ0n) is 15.3. The number of nitrogens with zero attached hydrogens (tertiary/aromatic N) is 2. The Morgan fingerprint density at radius 1 is 1.50 bits per heavy atom. The largest absolute Gasteiger partial charge is 0.492 e. The van der Waals surface area contributed by atoms with Crippen LogP contribution in [-0.4, -0.2) is 42.3 Å². The number of hydrogen-bond acceptors (Lipinski definition) is 5. The number of pyridine rings is 1. The van der Waals surface area contributed by atoms with Crippen molar-refractivity contribution in [3.05, 3.63) is 40.5 Å². The second kappa shape index (κ2) is 9.63. The van der Waals surface area contributed by atoms with E-state index in [9.17, 15) is 23.5 Å². The summed E-state index contributed by atoms with van der Waals surface area (Å²) in [6.45, 7) is 1.57. The first-order valence-corrected chi connectivity index (χ1v) is 9.23. The summed E-state index contributed by atoms with van der Waals surface area (Å²) in [5.74, 6) is -3.73. The first-order chi connectivity index (χ1) is 13.2. The fourth-order valence-corrected chi connectivity index (χ4v) is 3.13. The molecule has 0 spiro atoms. The van der Waals surface area contributed by atoms with E-state index in [2.05, 4.69) is 31.0 Å².